The van der Waals surface area contributed by atoms with E-state index in [1.807, 2.05) is 31.2 Å². The molecule has 3 aromatic carbocycles. The first-order valence-corrected chi connectivity index (χ1v) is 10.8. The monoisotopic (exact) mass is 446 g/mol. The molecule has 3 aromatic rings. The van der Waals surface area contributed by atoms with E-state index in [4.69, 9.17) is 17.0 Å². The predicted molar refractivity (Wildman–Crippen MR) is 133 cm³/mol. The summed E-state index contributed by atoms with van der Waals surface area (Å²) in [6.07, 6.45) is 2.68. The summed E-state index contributed by atoms with van der Waals surface area (Å²) in [4.78, 5) is 25.2. The molecule has 0 radical (unpaired) electrons. The van der Waals surface area contributed by atoms with E-state index in [2.05, 4.69) is 22.8 Å². The molecule has 3 rings (SSSR count). The van der Waals surface area contributed by atoms with Crippen LogP contribution in [-0.2, 0) is 11.2 Å². The van der Waals surface area contributed by atoms with Crippen LogP contribution in [0.5, 0.6) is 0 Å². The van der Waals surface area contributed by atoms with E-state index < -0.39 is 5.97 Å². The number of amides is 1. The van der Waals surface area contributed by atoms with Gasteiger partial charge >= 0.3 is 5.97 Å². The first kappa shape index (κ1) is 23.2. The van der Waals surface area contributed by atoms with Gasteiger partial charge in [0.15, 0.2) is 0 Å². The van der Waals surface area contributed by atoms with Gasteiger partial charge in [-0.1, -0.05) is 54.7 Å². The van der Waals surface area contributed by atoms with Gasteiger partial charge in [-0.15, -0.1) is 0 Å². The Morgan fingerprint density at radius 3 is 2.44 bits per heavy atom. The van der Waals surface area contributed by atoms with Crippen LogP contribution in [0.2, 0.25) is 0 Å². The minimum Gasteiger partial charge on any atom is -0.465 e. The van der Waals surface area contributed by atoms with E-state index >= 15 is 0 Å². The van der Waals surface area contributed by atoms with Crippen LogP contribution in [0.15, 0.2) is 72.8 Å². The Balaban J connectivity index is 1.61. The van der Waals surface area contributed by atoms with Crippen molar-refractivity contribution in [2.75, 3.05) is 17.7 Å². The van der Waals surface area contributed by atoms with Crippen molar-refractivity contribution in [2.45, 2.75) is 26.2 Å². The smallest absolute Gasteiger partial charge is 0.337 e. The van der Waals surface area contributed by atoms with Gasteiger partial charge < -0.3 is 15.4 Å². The number of esters is 1. The minimum atomic E-state index is -0.455. The third-order valence-corrected chi connectivity index (χ3v) is 5.33. The van der Waals surface area contributed by atoms with E-state index in [0.29, 0.717) is 16.8 Å². The Bertz CT molecular complexity index is 1110. The minimum absolute atomic E-state index is 0.273. The molecule has 0 atom stereocenters. The fourth-order valence-electron chi connectivity index (χ4n) is 3.25. The molecule has 0 bridgehead atoms. The number of methoxy groups -OCH3 is 1. The fourth-order valence-corrected chi connectivity index (χ4v) is 3.51. The van der Waals surface area contributed by atoms with Crippen LogP contribution in [0.3, 0.4) is 0 Å². The van der Waals surface area contributed by atoms with Crippen LogP contribution in [0.4, 0.5) is 11.4 Å². The lowest BCUT2D eigenvalue weighted by Gasteiger charge is -2.13. The number of anilines is 2. The number of hydrogen-bond acceptors (Lipinski definition) is 4. The summed E-state index contributed by atoms with van der Waals surface area (Å²) in [5.41, 5.74) is 4.49. The standard InChI is InChI=1S/C26H26N2O3S/c1-18-14-15-20(25(29)27-22-12-7-11-21(16-22)26(30)31-2)17-23(18)28-24(32)13-6-10-19-8-4-3-5-9-19/h3-5,7-9,11-12,14-17H,6,10,13H2,1-2H3,(H,27,29)(H,28,32). The number of carbonyl (C=O) groups excluding carboxylic acids is 2. The van der Waals surface area contributed by atoms with Gasteiger partial charge in [-0.2, -0.15) is 0 Å². The zero-order chi connectivity index (χ0) is 22.9. The highest BCUT2D eigenvalue weighted by atomic mass is 32.1. The molecule has 0 aliphatic heterocycles. The van der Waals surface area contributed by atoms with Crippen LogP contribution in [0.1, 0.15) is 44.7 Å². The van der Waals surface area contributed by atoms with Gasteiger partial charge in [0.25, 0.3) is 5.91 Å². The van der Waals surface area contributed by atoms with Crippen molar-refractivity contribution in [3.8, 4) is 0 Å². The second-order valence-corrected chi connectivity index (χ2v) is 7.94. The van der Waals surface area contributed by atoms with Crippen LogP contribution in [0.25, 0.3) is 0 Å². The van der Waals surface area contributed by atoms with Crippen molar-refractivity contribution in [3.05, 3.63) is 95.1 Å². The molecule has 32 heavy (non-hydrogen) atoms. The van der Waals surface area contributed by atoms with Crippen molar-refractivity contribution < 1.29 is 14.3 Å². The lowest BCUT2D eigenvalue weighted by Crippen LogP contribution is -2.15. The molecule has 5 nitrogen and oxygen atoms in total. The van der Waals surface area contributed by atoms with Crippen molar-refractivity contribution in [1.29, 1.82) is 0 Å². The number of rotatable bonds is 8. The summed E-state index contributed by atoms with van der Waals surface area (Å²) in [7, 11) is 1.32. The molecule has 164 valence electrons. The molecular formula is C26H26N2O3S. The van der Waals surface area contributed by atoms with Gasteiger partial charge in [0.2, 0.25) is 0 Å². The zero-order valence-electron chi connectivity index (χ0n) is 18.2. The average molecular weight is 447 g/mol. The summed E-state index contributed by atoms with van der Waals surface area (Å²) in [6, 6.07) is 22.4. The summed E-state index contributed by atoms with van der Waals surface area (Å²) in [5, 5.41) is 6.10. The zero-order valence-corrected chi connectivity index (χ0v) is 19.0. The van der Waals surface area contributed by atoms with E-state index in [0.717, 1.165) is 35.5 Å². The Labute approximate surface area is 193 Å². The Morgan fingerprint density at radius 1 is 0.906 bits per heavy atom. The average Bonchev–Trinajstić information content (AvgIpc) is 2.80. The molecule has 0 spiro atoms. The van der Waals surface area contributed by atoms with Gasteiger partial charge in [0.1, 0.15) is 0 Å². The molecular weight excluding hydrogens is 420 g/mol. The van der Waals surface area contributed by atoms with E-state index in [9.17, 15) is 9.59 Å². The van der Waals surface area contributed by atoms with Gasteiger partial charge in [-0.05, 0) is 67.6 Å². The Kier molecular flexibility index (Phi) is 8.11. The molecule has 0 saturated heterocycles. The SMILES string of the molecule is COC(=O)c1cccc(NC(=O)c2ccc(C)c(NC(=S)CCCc3ccccc3)c2)c1. The summed E-state index contributed by atoms with van der Waals surface area (Å²) in [5.74, 6) is -0.728. The van der Waals surface area contributed by atoms with E-state index in [1.165, 1.54) is 12.7 Å². The maximum atomic E-state index is 12.8. The molecule has 0 heterocycles. The van der Waals surface area contributed by atoms with Crippen LogP contribution in [0, 0.1) is 6.92 Å². The van der Waals surface area contributed by atoms with Crippen molar-refractivity contribution in [3.63, 3.8) is 0 Å². The molecule has 0 aromatic heterocycles. The largest absolute Gasteiger partial charge is 0.465 e. The van der Waals surface area contributed by atoms with Gasteiger partial charge in [-0.3, -0.25) is 4.79 Å². The first-order valence-electron chi connectivity index (χ1n) is 10.4. The van der Waals surface area contributed by atoms with Crippen LogP contribution >= 0.6 is 12.2 Å². The molecule has 0 unspecified atom stereocenters. The quantitative estimate of drug-likeness (QED) is 0.338. The number of hydrogen-bond donors (Lipinski definition) is 2. The fraction of sp³-hybridized carbons (Fsp3) is 0.192. The van der Waals surface area contributed by atoms with E-state index in [1.54, 1.807) is 36.4 Å². The third kappa shape index (κ3) is 6.49. The van der Waals surface area contributed by atoms with Gasteiger partial charge in [0, 0.05) is 16.9 Å². The predicted octanol–water partition coefficient (Wildman–Crippen LogP) is 5.80. The molecule has 6 heteroatoms. The Hall–Kier alpha value is -3.51. The molecule has 0 fully saturated rings. The highest BCUT2D eigenvalue weighted by Crippen LogP contribution is 2.20. The third-order valence-electron chi connectivity index (χ3n) is 5.03. The molecule has 0 aliphatic carbocycles. The first-order chi connectivity index (χ1) is 15.5. The Morgan fingerprint density at radius 2 is 1.69 bits per heavy atom. The lowest BCUT2D eigenvalue weighted by molar-refractivity contribution is 0.0600. The topological polar surface area (TPSA) is 67.4 Å². The number of ether oxygens (including phenoxy) is 1. The van der Waals surface area contributed by atoms with Gasteiger partial charge in [0.05, 0.1) is 17.7 Å². The second-order valence-electron chi connectivity index (χ2n) is 7.44. The normalized spacial score (nSPS) is 10.3. The summed E-state index contributed by atoms with van der Waals surface area (Å²) >= 11 is 5.52. The number of aryl methyl sites for hydroxylation is 2. The lowest BCUT2D eigenvalue weighted by atomic mass is 10.1. The number of carbonyl (C=O) groups is 2. The number of thiocarbonyl (C=S) groups is 1. The van der Waals surface area contributed by atoms with Crippen molar-refractivity contribution in [1.82, 2.24) is 0 Å². The summed E-state index contributed by atoms with van der Waals surface area (Å²) < 4.78 is 4.73. The van der Waals surface area contributed by atoms with Crippen LogP contribution < -0.4 is 10.6 Å². The molecule has 0 saturated carbocycles. The number of benzene rings is 3. The molecule has 1 amide bonds. The maximum Gasteiger partial charge on any atom is 0.337 e. The van der Waals surface area contributed by atoms with Crippen molar-refractivity contribution in [2.24, 2.45) is 0 Å². The summed E-state index contributed by atoms with van der Waals surface area (Å²) in [6.45, 7) is 1.97. The number of nitrogens with one attached hydrogen (secondary N) is 2. The molecule has 0 aliphatic rings. The highest BCUT2D eigenvalue weighted by molar-refractivity contribution is 7.80. The molecule has 2 N–H and O–H groups in total. The van der Waals surface area contributed by atoms with Gasteiger partial charge in [-0.25, -0.2) is 4.79 Å². The van der Waals surface area contributed by atoms with Crippen molar-refractivity contribution >= 4 is 40.5 Å². The highest BCUT2D eigenvalue weighted by Gasteiger charge is 2.12. The van der Waals surface area contributed by atoms with E-state index in [-0.39, 0.29) is 5.91 Å². The van der Waals surface area contributed by atoms with Crippen LogP contribution in [-0.4, -0.2) is 24.0 Å². The maximum absolute atomic E-state index is 12.8. The second kappa shape index (κ2) is 11.2.